The Bertz CT molecular complexity index is 1030. The van der Waals surface area contributed by atoms with Gasteiger partial charge in [-0.25, -0.2) is 5.48 Å². The van der Waals surface area contributed by atoms with Crippen LogP contribution in [0.4, 0.5) is 0 Å². The van der Waals surface area contributed by atoms with E-state index >= 15 is 0 Å². The van der Waals surface area contributed by atoms with Gasteiger partial charge in [-0.2, -0.15) is 0 Å². The van der Waals surface area contributed by atoms with E-state index in [4.69, 9.17) is 14.7 Å². The number of aromatic amines is 1. The zero-order valence-corrected chi connectivity index (χ0v) is 19.8. The Hall–Kier alpha value is -2.97. The first-order valence-corrected chi connectivity index (χ1v) is 11.8. The number of nitrogens with zero attached hydrogens (tertiary/aromatic N) is 1. The molecule has 0 unspecified atom stereocenters. The Morgan fingerprint density at radius 1 is 1.03 bits per heavy atom. The van der Waals surface area contributed by atoms with Crippen LogP contribution in [-0.4, -0.2) is 60.5 Å². The number of hydroxylamine groups is 1. The summed E-state index contributed by atoms with van der Waals surface area (Å²) in [5, 5.41) is 9.87. The van der Waals surface area contributed by atoms with Crippen molar-refractivity contribution in [1.82, 2.24) is 15.4 Å². The molecular weight excluding hydrogens is 430 g/mol. The van der Waals surface area contributed by atoms with Crippen LogP contribution in [0.3, 0.4) is 0 Å². The van der Waals surface area contributed by atoms with Crippen LogP contribution in [0.2, 0.25) is 0 Å². The van der Waals surface area contributed by atoms with Crippen molar-refractivity contribution >= 4 is 22.9 Å². The molecule has 0 fully saturated rings. The molecule has 0 aliphatic carbocycles. The van der Waals surface area contributed by atoms with Crippen LogP contribution in [0.5, 0.6) is 0 Å². The van der Waals surface area contributed by atoms with Gasteiger partial charge in [-0.1, -0.05) is 49.4 Å². The van der Waals surface area contributed by atoms with E-state index in [0.717, 1.165) is 50.2 Å². The summed E-state index contributed by atoms with van der Waals surface area (Å²) in [6, 6.07) is 16.5. The number of ether oxygens (including phenoxy) is 2. The summed E-state index contributed by atoms with van der Waals surface area (Å²) in [5.74, 6) is -0.548. The third-order valence-electron chi connectivity index (χ3n) is 5.57. The fourth-order valence-electron chi connectivity index (χ4n) is 3.75. The number of rotatable bonds is 15. The van der Waals surface area contributed by atoms with E-state index in [1.54, 1.807) is 11.6 Å². The van der Waals surface area contributed by atoms with E-state index in [0.29, 0.717) is 19.8 Å². The lowest BCUT2D eigenvalue weighted by Gasteiger charge is -2.22. The Labute approximate surface area is 201 Å². The van der Waals surface area contributed by atoms with Gasteiger partial charge in [0.25, 0.3) is 5.91 Å². The van der Waals surface area contributed by atoms with Crippen LogP contribution in [-0.2, 0) is 27.2 Å². The highest BCUT2D eigenvalue weighted by atomic mass is 16.5. The highest BCUT2D eigenvalue weighted by Crippen LogP contribution is 2.19. The molecule has 0 saturated heterocycles. The topological polar surface area (TPSA) is 86.8 Å². The lowest BCUT2D eigenvalue weighted by molar-refractivity contribution is -0.124. The molecule has 0 atom stereocenters. The third-order valence-corrected chi connectivity index (χ3v) is 5.57. The highest BCUT2D eigenvalue weighted by Gasteiger charge is 2.10. The monoisotopic (exact) mass is 465 g/mol. The zero-order chi connectivity index (χ0) is 24.0. The second-order valence-electron chi connectivity index (χ2n) is 8.16. The molecule has 7 nitrogen and oxygen atoms in total. The predicted molar refractivity (Wildman–Crippen MR) is 135 cm³/mol. The van der Waals surface area contributed by atoms with E-state index in [1.807, 2.05) is 18.2 Å². The minimum Gasteiger partial charge on any atom is -0.379 e. The lowest BCUT2D eigenvalue weighted by atomic mass is 10.1. The number of para-hydroxylation sites is 1. The second-order valence-corrected chi connectivity index (χ2v) is 8.16. The van der Waals surface area contributed by atoms with Gasteiger partial charge in [0.2, 0.25) is 0 Å². The molecule has 7 heteroatoms. The maximum Gasteiger partial charge on any atom is 0.267 e. The van der Waals surface area contributed by atoms with Crippen LogP contribution >= 0.6 is 0 Å². The van der Waals surface area contributed by atoms with Gasteiger partial charge in [-0.15, -0.1) is 0 Å². The largest absolute Gasteiger partial charge is 0.379 e. The van der Waals surface area contributed by atoms with Gasteiger partial charge in [0.15, 0.2) is 0 Å². The van der Waals surface area contributed by atoms with Crippen LogP contribution in [0, 0.1) is 0 Å². The number of hydrogen-bond donors (Lipinski definition) is 3. The number of benzene rings is 2. The number of fused-ring (bicyclic) bond motifs is 1. The minimum absolute atomic E-state index is 0.548. The molecule has 2 aromatic carbocycles. The van der Waals surface area contributed by atoms with Gasteiger partial charge in [-0.05, 0) is 41.7 Å². The minimum atomic E-state index is -0.548. The summed E-state index contributed by atoms with van der Waals surface area (Å²) in [5.41, 5.74) is 6.16. The maximum absolute atomic E-state index is 11.2. The maximum atomic E-state index is 11.2. The molecule has 1 amide bonds. The van der Waals surface area contributed by atoms with Crippen molar-refractivity contribution in [3.05, 3.63) is 77.5 Å². The van der Waals surface area contributed by atoms with Crippen molar-refractivity contribution in [2.45, 2.75) is 26.3 Å². The number of hydrogen-bond acceptors (Lipinski definition) is 5. The average Bonchev–Trinajstić information content (AvgIpc) is 3.29. The van der Waals surface area contributed by atoms with E-state index < -0.39 is 5.91 Å². The summed E-state index contributed by atoms with van der Waals surface area (Å²) in [7, 11) is 0. The fraction of sp³-hybridized carbons (Fsp3) is 0.370. The number of carbonyl (C=O) groups is 1. The van der Waals surface area contributed by atoms with Crippen molar-refractivity contribution in [3.8, 4) is 0 Å². The smallest absolute Gasteiger partial charge is 0.267 e. The summed E-state index contributed by atoms with van der Waals surface area (Å²) in [6.07, 6.45) is 7.03. The molecule has 3 rings (SSSR count). The molecule has 3 aromatic rings. The quantitative estimate of drug-likeness (QED) is 0.136. The van der Waals surface area contributed by atoms with Crippen LogP contribution in [0.25, 0.3) is 17.0 Å². The molecule has 34 heavy (non-hydrogen) atoms. The summed E-state index contributed by atoms with van der Waals surface area (Å²) in [4.78, 5) is 16.9. The van der Waals surface area contributed by atoms with E-state index in [2.05, 4.69) is 53.3 Å². The first-order chi connectivity index (χ1) is 16.7. The first kappa shape index (κ1) is 25.6. The molecule has 0 spiro atoms. The van der Waals surface area contributed by atoms with Crippen molar-refractivity contribution in [2.75, 3.05) is 39.5 Å². The Morgan fingerprint density at radius 2 is 1.79 bits per heavy atom. The van der Waals surface area contributed by atoms with Crippen LogP contribution in [0.1, 0.15) is 30.0 Å². The van der Waals surface area contributed by atoms with Gasteiger partial charge >= 0.3 is 0 Å². The van der Waals surface area contributed by atoms with Gasteiger partial charge in [0, 0.05) is 49.4 Å². The summed E-state index contributed by atoms with van der Waals surface area (Å²) >= 11 is 0. The van der Waals surface area contributed by atoms with Crippen LogP contribution < -0.4 is 5.48 Å². The molecule has 1 heterocycles. The molecule has 0 aliphatic heterocycles. The van der Waals surface area contributed by atoms with Gasteiger partial charge in [0.1, 0.15) is 0 Å². The van der Waals surface area contributed by atoms with E-state index in [-0.39, 0.29) is 0 Å². The number of carbonyl (C=O) groups excluding carboxylic acids is 1. The second kappa shape index (κ2) is 14.3. The van der Waals surface area contributed by atoms with Crippen molar-refractivity contribution in [3.63, 3.8) is 0 Å². The van der Waals surface area contributed by atoms with Crippen LogP contribution in [0.15, 0.2) is 60.8 Å². The Balaban J connectivity index is 1.57. The fourth-order valence-corrected chi connectivity index (χ4v) is 3.75. The first-order valence-electron chi connectivity index (χ1n) is 11.8. The molecule has 0 radical (unpaired) electrons. The number of nitrogens with one attached hydrogen (secondary N) is 2. The molecular formula is C27H35N3O4. The Morgan fingerprint density at radius 3 is 2.56 bits per heavy atom. The van der Waals surface area contributed by atoms with Crippen molar-refractivity contribution in [1.29, 1.82) is 0 Å². The number of amides is 1. The third kappa shape index (κ3) is 8.43. The predicted octanol–water partition coefficient (Wildman–Crippen LogP) is 4.17. The highest BCUT2D eigenvalue weighted by molar-refractivity contribution is 5.90. The molecule has 0 aliphatic rings. The van der Waals surface area contributed by atoms with Gasteiger partial charge < -0.3 is 14.5 Å². The van der Waals surface area contributed by atoms with Gasteiger partial charge in [-0.3, -0.25) is 14.9 Å². The Kier molecular flexibility index (Phi) is 10.8. The summed E-state index contributed by atoms with van der Waals surface area (Å²) in [6.45, 7) is 7.31. The SMILES string of the molecule is CCCOCCOCCN(CCc1c[nH]c2ccccc12)Cc1ccc(/C=C/C(=O)NO)cc1. The van der Waals surface area contributed by atoms with Crippen molar-refractivity contribution < 1.29 is 19.5 Å². The van der Waals surface area contributed by atoms with Crippen molar-refractivity contribution in [2.24, 2.45) is 0 Å². The van der Waals surface area contributed by atoms with Gasteiger partial charge in [0.05, 0.1) is 19.8 Å². The average molecular weight is 466 g/mol. The summed E-state index contributed by atoms with van der Waals surface area (Å²) < 4.78 is 11.3. The normalized spacial score (nSPS) is 11.6. The molecule has 1 aromatic heterocycles. The van der Waals surface area contributed by atoms with E-state index in [9.17, 15) is 4.79 Å². The molecule has 0 bridgehead atoms. The number of H-pyrrole nitrogens is 1. The van der Waals surface area contributed by atoms with E-state index in [1.165, 1.54) is 22.6 Å². The molecule has 182 valence electrons. The zero-order valence-electron chi connectivity index (χ0n) is 19.8. The molecule has 0 saturated carbocycles. The molecule has 3 N–H and O–H groups in total. The lowest BCUT2D eigenvalue weighted by Crippen LogP contribution is -2.29. The number of aromatic nitrogens is 1. The standard InChI is InChI=1S/C27H35N3O4/c1-2-16-33-18-19-34-17-15-30(14-13-24-20-28-26-6-4-3-5-25(24)26)21-23-9-7-22(8-10-23)11-12-27(31)29-32/h3-12,20,28,32H,2,13-19,21H2,1H3,(H,29,31)/b12-11+.